The number of amides is 1. The third-order valence-corrected chi connectivity index (χ3v) is 4.72. The minimum atomic E-state index is -2.76. The highest BCUT2D eigenvalue weighted by Crippen LogP contribution is 2.27. The Morgan fingerprint density at radius 3 is 2.81 bits per heavy atom. The summed E-state index contributed by atoms with van der Waals surface area (Å²) in [6.45, 7) is 3.56. The van der Waals surface area contributed by atoms with Crippen molar-refractivity contribution in [1.29, 1.82) is 0 Å². The Hall–Kier alpha value is -2.99. The Balaban J connectivity index is 1.72. The molecule has 10 heteroatoms. The number of carbonyl (C=O) groups excluding carboxylic acids is 1. The van der Waals surface area contributed by atoms with Gasteiger partial charge in [-0.25, -0.2) is 8.78 Å². The van der Waals surface area contributed by atoms with E-state index >= 15 is 0 Å². The lowest BCUT2D eigenvalue weighted by molar-refractivity contribution is -0.120. The molecule has 32 heavy (non-hydrogen) atoms. The topological polar surface area (TPSA) is 81.4 Å². The summed E-state index contributed by atoms with van der Waals surface area (Å²) in [5.74, 6) is 6.17. The van der Waals surface area contributed by atoms with Gasteiger partial charge in [0, 0.05) is 36.5 Å². The summed E-state index contributed by atoms with van der Waals surface area (Å²) in [7, 11) is 1.52. The van der Waals surface area contributed by atoms with E-state index in [1.165, 1.54) is 17.9 Å². The molecule has 1 aliphatic rings. The molecule has 0 saturated heterocycles. The van der Waals surface area contributed by atoms with Gasteiger partial charge in [0.1, 0.15) is 23.2 Å². The molecule has 1 N–H and O–H groups in total. The first kappa shape index (κ1) is 23.7. The van der Waals surface area contributed by atoms with Crippen LogP contribution in [0.15, 0.2) is 23.6 Å². The molecule has 0 aliphatic heterocycles. The van der Waals surface area contributed by atoms with Crippen LogP contribution in [-0.2, 0) is 23.1 Å². The number of pyridine rings is 1. The summed E-state index contributed by atoms with van der Waals surface area (Å²) in [6, 6.07) is 1.69. The Labute approximate surface area is 190 Å². The number of rotatable bonds is 8. The number of hydrogen-bond donors (Lipinski definition) is 1. The first-order valence-electron chi connectivity index (χ1n) is 10.2. The molecule has 1 amide bonds. The van der Waals surface area contributed by atoms with Crippen LogP contribution in [0.5, 0.6) is 0 Å². The lowest BCUT2D eigenvalue weighted by Crippen LogP contribution is -2.32. The zero-order valence-electron chi connectivity index (χ0n) is 18.0. The van der Waals surface area contributed by atoms with Gasteiger partial charge in [-0.05, 0) is 32.8 Å². The Morgan fingerprint density at radius 2 is 2.19 bits per heavy atom. The molecule has 7 nitrogen and oxygen atoms in total. The maximum absolute atomic E-state index is 13.1. The number of aryl methyl sites for hydroxylation is 1. The maximum atomic E-state index is 13.1. The lowest BCUT2D eigenvalue weighted by Gasteiger charge is -2.11. The molecule has 3 rings (SSSR count). The van der Waals surface area contributed by atoms with Crippen LogP contribution >= 0.6 is 11.6 Å². The van der Waals surface area contributed by atoms with Crippen molar-refractivity contribution in [2.45, 2.75) is 45.6 Å². The molecular weight excluding hydrogens is 440 g/mol. The first-order chi connectivity index (χ1) is 15.2. The van der Waals surface area contributed by atoms with E-state index in [4.69, 9.17) is 16.4 Å². The van der Waals surface area contributed by atoms with Gasteiger partial charge in [-0.15, -0.1) is 0 Å². The van der Waals surface area contributed by atoms with Crippen molar-refractivity contribution in [2.75, 3.05) is 6.54 Å². The Morgan fingerprint density at radius 1 is 1.44 bits per heavy atom. The molecular formula is C22H24ClF2N5O2. The highest BCUT2D eigenvalue weighted by molar-refractivity contribution is 6.34. The van der Waals surface area contributed by atoms with Crippen molar-refractivity contribution in [3.63, 3.8) is 0 Å². The summed E-state index contributed by atoms with van der Waals surface area (Å²) in [6.07, 6.45) is 2.02. The first-order valence-corrected chi connectivity index (χ1v) is 10.6. The number of aromatic nitrogens is 3. The van der Waals surface area contributed by atoms with Gasteiger partial charge in [-0.2, -0.15) is 5.10 Å². The van der Waals surface area contributed by atoms with Crippen molar-refractivity contribution >= 4 is 23.2 Å². The van der Waals surface area contributed by atoms with Crippen LogP contribution < -0.4 is 5.32 Å². The van der Waals surface area contributed by atoms with Crippen LogP contribution in [0, 0.1) is 17.8 Å². The highest BCUT2D eigenvalue weighted by Gasteiger charge is 2.21. The fraction of sp³-hybridized carbons (Fsp3) is 0.455. The van der Waals surface area contributed by atoms with Crippen LogP contribution in [0.1, 0.15) is 55.6 Å². The zero-order valence-corrected chi connectivity index (χ0v) is 18.8. The van der Waals surface area contributed by atoms with Crippen molar-refractivity contribution in [3.8, 4) is 11.8 Å². The number of halogens is 3. The van der Waals surface area contributed by atoms with Gasteiger partial charge in [-0.1, -0.05) is 28.6 Å². The summed E-state index contributed by atoms with van der Waals surface area (Å²) in [5, 5.41) is 10.8. The van der Waals surface area contributed by atoms with Gasteiger partial charge in [0.25, 0.3) is 6.43 Å². The fourth-order valence-electron chi connectivity index (χ4n) is 2.75. The summed E-state index contributed by atoms with van der Waals surface area (Å²) >= 11 is 6.40. The molecule has 2 aromatic rings. The number of nitrogens with one attached hydrogen (secondary N) is 1. The van der Waals surface area contributed by atoms with Crippen LogP contribution in [-0.4, -0.2) is 39.0 Å². The molecule has 1 fully saturated rings. The average molecular weight is 464 g/mol. The molecule has 0 atom stereocenters. The second-order valence-electron chi connectivity index (χ2n) is 7.76. The number of oxime groups is 1. The molecule has 0 aromatic carbocycles. The molecule has 2 heterocycles. The van der Waals surface area contributed by atoms with E-state index in [9.17, 15) is 13.6 Å². The standard InChI is InChI=1S/C22H24ClF2N5O2/c1-13(2)32-29-18(21-17(23)8-15(10-27-21)7-6-14-4-5-14)11-26-19(31)9-16-12-30(3)28-20(16)22(24)25/h8,10,12-14,22H,4-5,9,11H2,1-3H3,(H,26,31). The summed E-state index contributed by atoms with van der Waals surface area (Å²) < 4.78 is 27.5. The third-order valence-electron chi connectivity index (χ3n) is 4.43. The second-order valence-corrected chi connectivity index (χ2v) is 8.16. The van der Waals surface area contributed by atoms with Crippen molar-refractivity contribution in [3.05, 3.63) is 46.0 Å². The van der Waals surface area contributed by atoms with Crippen LogP contribution in [0.25, 0.3) is 0 Å². The van der Waals surface area contributed by atoms with Gasteiger partial charge in [0.05, 0.1) is 18.0 Å². The van der Waals surface area contributed by atoms with Crippen molar-refractivity contribution < 1.29 is 18.4 Å². The minimum absolute atomic E-state index is 0.0460. The maximum Gasteiger partial charge on any atom is 0.282 e. The van der Waals surface area contributed by atoms with E-state index < -0.39 is 18.0 Å². The molecule has 170 valence electrons. The SMILES string of the molecule is CC(C)ON=C(CNC(=O)Cc1cn(C)nc1C(F)F)c1ncc(C#CC2CC2)cc1Cl. The van der Waals surface area contributed by atoms with Gasteiger partial charge in [-0.3, -0.25) is 14.5 Å². The van der Waals surface area contributed by atoms with Crippen LogP contribution in [0.2, 0.25) is 5.02 Å². The quantitative estimate of drug-likeness (QED) is 0.368. The number of hydrogen-bond acceptors (Lipinski definition) is 5. The van der Waals surface area contributed by atoms with E-state index in [0.717, 1.165) is 12.8 Å². The fourth-order valence-corrected chi connectivity index (χ4v) is 3.03. The molecule has 0 unspecified atom stereocenters. The number of carbonyl (C=O) groups is 1. The summed E-state index contributed by atoms with van der Waals surface area (Å²) in [5.41, 5.74) is 1.09. The van der Waals surface area contributed by atoms with Gasteiger partial charge in [0.15, 0.2) is 0 Å². The average Bonchev–Trinajstić information content (AvgIpc) is 3.48. The van der Waals surface area contributed by atoms with E-state index in [1.807, 2.05) is 0 Å². The van der Waals surface area contributed by atoms with Crippen molar-refractivity contribution in [1.82, 2.24) is 20.1 Å². The van der Waals surface area contributed by atoms with Crippen LogP contribution in [0.4, 0.5) is 8.78 Å². The smallest absolute Gasteiger partial charge is 0.282 e. The molecule has 1 saturated carbocycles. The third kappa shape index (κ3) is 6.76. The highest BCUT2D eigenvalue weighted by atomic mass is 35.5. The lowest BCUT2D eigenvalue weighted by atomic mass is 10.1. The number of nitrogens with zero attached hydrogens (tertiary/aromatic N) is 4. The Bertz CT molecular complexity index is 1070. The predicted molar refractivity (Wildman–Crippen MR) is 116 cm³/mol. The molecule has 1 aliphatic carbocycles. The minimum Gasteiger partial charge on any atom is -0.393 e. The Kier molecular flexibility index (Phi) is 7.80. The molecule has 2 aromatic heterocycles. The van der Waals surface area contributed by atoms with Gasteiger partial charge < -0.3 is 10.2 Å². The van der Waals surface area contributed by atoms with E-state index in [-0.39, 0.29) is 24.6 Å². The van der Waals surface area contributed by atoms with E-state index in [1.54, 1.807) is 26.1 Å². The molecule has 0 radical (unpaired) electrons. The molecule has 0 spiro atoms. The number of alkyl halides is 2. The predicted octanol–water partition coefficient (Wildman–Crippen LogP) is 3.66. The monoisotopic (exact) mass is 463 g/mol. The van der Waals surface area contributed by atoms with E-state index in [0.29, 0.717) is 27.9 Å². The normalized spacial score (nSPS) is 13.8. The van der Waals surface area contributed by atoms with Gasteiger partial charge >= 0.3 is 0 Å². The summed E-state index contributed by atoms with van der Waals surface area (Å²) in [4.78, 5) is 22.1. The second kappa shape index (κ2) is 10.6. The van der Waals surface area contributed by atoms with Gasteiger partial charge in [0.2, 0.25) is 5.91 Å². The largest absolute Gasteiger partial charge is 0.393 e. The van der Waals surface area contributed by atoms with Crippen molar-refractivity contribution in [2.24, 2.45) is 18.1 Å². The molecule has 0 bridgehead atoms. The zero-order chi connectivity index (χ0) is 23.3. The van der Waals surface area contributed by atoms with Crippen LogP contribution in [0.3, 0.4) is 0 Å². The van der Waals surface area contributed by atoms with E-state index in [2.05, 4.69) is 32.4 Å².